The van der Waals surface area contributed by atoms with Gasteiger partial charge >= 0.3 is 5.97 Å². The summed E-state index contributed by atoms with van der Waals surface area (Å²) in [6.07, 6.45) is 1.60. The SMILES string of the molecule is Cc1c(N)cccc1C(=O)N1CCCC(C)(C)C1C(=O)O. The van der Waals surface area contributed by atoms with Crippen molar-refractivity contribution >= 4 is 17.6 Å². The van der Waals surface area contributed by atoms with E-state index in [1.807, 2.05) is 13.8 Å². The maximum Gasteiger partial charge on any atom is 0.326 e. The van der Waals surface area contributed by atoms with Gasteiger partial charge in [0.05, 0.1) is 0 Å². The Morgan fingerprint density at radius 1 is 1.38 bits per heavy atom. The Morgan fingerprint density at radius 3 is 2.67 bits per heavy atom. The van der Waals surface area contributed by atoms with Gasteiger partial charge in [0.25, 0.3) is 5.91 Å². The van der Waals surface area contributed by atoms with Crippen LogP contribution in [-0.2, 0) is 4.79 Å². The van der Waals surface area contributed by atoms with Gasteiger partial charge in [-0.05, 0) is 42.9 Å². The summed E-state index contributed by atoms with van der Waals surface area (Å²) in [7, 11) is 0. The fourth-order valence-electron chi connectivity index (χ4n) is 3.12. The Kier molecular flexibility index (Phi) is 3.94. The van der Waals surface area contributed by atoms with Gasteiger partial charge in [0.15, 0.2) is 0 Å². The molecule has 21 heavy (non-hydrogen) atoms. The molecule has 1 atom stereocenters. The fraction of sp³-hybridized carbons (Fsp3) is 0.500. The van der Waals surface area contributed by atoms with Gasteiger partial charge in [-0.25, -0.2) is 4.79 Å². The third kappa shape index (κ3) is 2.73. The van der Waals surface area contributed by atoms with Crippen LogP contribution in [0, 0.1) is 12.3 Å². The number of amides is 1. The topological polar surface area (TPSA) is 83.6 Å². The van der Waals surface area contributed by atoms with E-state index < -0.39 is 17.4 Å². The number of carboxylic acids is 1. The number of carboxylic acid groups (broad SMARTS) is 1. The molecule has 1 unspecified atom stereocenters. The van der Waals surface area contributed by atoms with Crippen molar-refractivity contribution in [2.75, 3.05) is 12.3 Å². The molecule has 0 spiro atoms. The van der Waals surface area contributed by atoms with Gasteiger partial charge in [0, 0.05) is 17.8 Å². The monoisotopic (exact) mass is 290 g/mol. The maximum absolute atomic E-state index is 12.8. The van der Waals surface area contributed by atoms with Crippen LogP contribution in [0.2, 0.25) is 0 Å². The average Bonchev–Trinajstić information content (AvgIpc) is 2.39. The van der Waals surface area contributed by atoms with Crippen LogP contribution in [-0.4, -0.2) is 34.5 Å². The van der Waals surface area contributed by atoms with Crippen LogP contribution in [0.3, 0.4) is 0 Å². The number of hydrogen-bond donors (Lipinski definition) is 2. The predicted molar refractivity (Wildman–Crippen MR) is 81.1 cm³/mol. The Hall–Kier alpha value is -2.04. The van der Waals surface area contributed by atoms with Gasteiger partial charge in [-0.3, -0.25) is 4.79 Å². The van der Waals surface area contributed by atoms with Gasteiger partial charge in [0.2, 0.25) is 0 Å². The predicted octanol–water partition coefficient (Wildman–Crippen LogP) is 2.29. The first kappa shape index (κ1) is 15.4. The number of piperidine rings is 1. The van der Waals surface area contributed by atoms with Gasteiger partial charge in [0.1, 0.15) is 6.04 Å². The standard InChI is InChI=1S/C16H22N2O3/c1-10-11(6-4-7-12(10)17)14(19)18-9-5-8-16(2,3)13(18)15(20)21/h4,6-7,13H,5,8-9,17H2,1-3H3,(H,20,21). The first-order chi connectivity index (χ1) is 9.75. The second-order valence-corrected chi connectivity index (χ2v) is 6.35. The lowest BCUT2D eigenvalue weighted by molar-refractivity contribution is -0.148. The quantitative estimate of drug-likeness (QED) is 0.819. The van der Waals surface area contributed by atoms with Crippen molar-refractivity contribution in [2.45, 2.75) is 39.7 Å². The lowest BCUT2D eigenvalue weighted by atomic mass is 9.76. The number of rotatable bonds is 2. The van der Waals surface area contributed by atoms with Crippen molar-refractivity contribution in [3.63, 3.8) is 0 Å². The molecule has 5 nitrogen and oxygen atoms in total. The first-order valence-corrected chi connectivity index (χ1v) is 7.14. The van der Waals surface area contributed by atoms with Crippen molar-refractivity contribution < 1.29 is 14.7 Å². The molecular formula is C16H22N2O3. The number of hydrogen-bond acceptors (Lipinski definition) is 3. The van der Waals surface area contributed by atoms with Crippen LogP contribution in [0.15, 0.2) is 18.2 Å². The summed E-state index contributed by atoms with van der Waals surface area (Å²) in [6, 6.07) is 4.36. The van der Waals surface area contributed by atoms with E-state index in [4.69, 9.17) is 5.73 Å². The third-order valence-electron chi connectivity index (χ3n) is 4.37. The molecule has 0 aliphatic carbocycles. The Balaban J connectivity index is 2.41. The molecule has 114 valence electrons. The van der Waals surface area contributed by atoms with Gasteiger partial charge < -0.3 is 15.7 Å². The molecule has 0 aromatic heterocycles. The Morgan fingerprint density at radius 2 is 2.05 bits per heavy atom. The first-order valence-electron chi connectivity index (χ1n) is 7.14. The zero-order chi connectivity index (χ0) is 15.8. The van der Waals surface area contributed by atoms with Gasteiger partial charge in [-0.15, -0.1) is 0 Å². The molecule has 1 aromatic carbocycles. The Labute approximate surface area is 124 Å². The Bertz CT molecular complexity index is 581. The number of likely N-dealkylation sites (tertiary alicyclic amines) is 1. The molecular weight excluding hydrogens is 268 g/mol. The molecule has 0 saturated carbocycles. The fourth-order valence-corrected chi connectivity index (χ4v) is 3.12. The highest BCUT2D eigenvalue weighted by Crippen LogP contribution is 2.36. The lowest BCUT2D eigenvalue weighted by Gasteiger charge is -2.44. The summed E-state index contributed by atoms with van der Waals surface area (Å²) in [5, 5.41) is 9.55. The minimum Gasteiger partial charge on any atom is -0.480 e. The molecule has 2 rings (SSSR count). The molecule has 1 aliphatic rings. The van der Waals surface area contributed by atoms with E-state index in [1.54, 1.807) is 25.1 Å². The van der Waals surface area contributed by atoms with Crippen LogP contribution in [0.1, 0.15) is 42.6 Å². The summed E-state index contributed by atoms with van der Waals surface area (Å²) in [6.45, 7) is 6.05. The van der Waals surface area contributed by atoms with Crippen LogP contribution in [0.4, 0.5) is 5.69 Å². The molecule has 1 heterocycles. The number of carbonyl (C=O) groups is 2. The maximum atomic E-state index is 12.8. The average molecular weight is 290 g/mol. The number of aliphatic carboxylic acids is 1. The molecule has 1 saturated heterocycles. The van der Waals surface area contributed by atoms with Crippen molar-refractivity contribution in [3.05, 3.63) is 29.3 Å². The van der Waals surface area contributed by atoms with Crippen LogP contribution >= 0.6 is 0 Å². The van der Waals surface area contributed by atoms with Crippen molar-refractivity contribution in [3.8, 4) is 0 Å². The van der Waals surface area contributed by atoms with E-state index >= 15 is 0 Å². The van der Waals surface area contributed by atoms with Crippen LogP contribution in [0.5, 0.6) is 0 Å². The zero-order valence-electron chi connectivity index (χ0n) is 12.7. The van der Waals surface area contributed by atoms with Crippen LogP contribution < -0.4 is 5.73 Å². The normalized spacial score (nSPS) is 21.1. The van der Waals surface area contributed by atoms with E-state index in [0.29, 0.717) is 23.4 Å². The minimum atomic E-state index is -0.949. The molecule has 0 radical (unpaired) electrons. The molecule has 1 fully saturated rings. The largest absolute Gasteiger partial charge is 0.480 e. The summed E-state index contributed by atoms with van der Waals surface area (Å²) in [5.74, 6) is -1.20. The number of anilines is 1. The highest BCUT2D eigenvalue weighted by Gasteiger charge is 2.44. The summed E-state index contributed by atoms with van der Waals surface area (Å²) < 4.78 is 0. The van der Waals surface area contributed by atoms with E-state index in [9.17, 15) is 14.7 Å². The minimum absolute atomic E-state index is 0.250. The number of nitrogens with zero attached hydrogens (tertiary/aromatic N) is 1. The van der Waals surface area contributed by atoms with E-state index in [-0.39, 0.29) is 5.91 Å². The number of nitrogen functional groups attached to an aromatic ring is 1. The molecule has 5 heteroatoms. The van der Waals surface area contributed by atoms with Crippen molar-refractivity contribution in [2.24, 2.45) is 5.41 Å². The molecule has 3 N–H and O–H groups in total. The molecule has 0 bridgehead atoms. The lowest BCUT2D eigenvalue weighted by Crippen LogP contribution is -2.56. The highest BCUT2D eigenvalue weighted by molar-refractivity contribution is 5.99. The van der Waals surface area contributed by atoms with E-state index in [0.717, 1.165) is 12.8 Å². The van der Waals surface area contributed by atoms with Crippen molar-refractivity contribution in [1.82, 2.24) is 4.90 Å². The number of nitrogens with two attached hydrogens (primary N) is 1. The summed E-state index contributed by atoms with van der Waals surface area (Å²) in [5.41, 5.74) is 7.15. The number of carbonyl (C=O) groups excluding carboxylic acids is 1. The smallest absolute Gasteiger partial charge is 0.326 e. The molecule has 1 aromatic rings. The van der Waals surface area contributed by atoms with Crippen molar-refractivity contribution in [1.29, 1.82) is 0 Å². The third-order valence-corrected chi connectivity index (χ3v) is 4.37. The van der Waals surface area contributed by atoms with E-state index in [2.05, 4.69) is 0 Å². The summed E-state index contributed by atoms with van der Waals surface area (Å²) in [4.78, 5) is 25.9. The van der Waals surface area contributed by atoms with Crippen LogP contribution in [0.25, 0.3) is 0 Å². The second-order valence-electron chi connectivity index (χ2n) is 6.35. The molecule has 1 aliphatic heterocycles. The number of benzene rings is 1. The van der Waals surface area contributed by atoms with Gasteiger partial charge in [-0.2, -0.15) is 0 Å². The molecule has 1 amide bonds. The summed E-state index contributed by atoms with van der Waals surface area (Å²) >= 11 is 0. The van der Waals surface area contributed by atoms with E-state index in [1.165, 1.54) is 4.90 Å². The zero-order valence-corrected chi connectivity index (χ0v) is 12.7. The second kappa shape index (κ2) is 5.39. The van der Waals surface area contributed by atoms with Gasteiger partial charge in [-0.1, -0.05) is 19.9 Å². The highest BCUT2D eigenvalue weighted by atomic mass is 16.4.